The molecule has 1 aliphatic rings. The summed E-state index contributed by atoms with van der Waals surface area (Å²) in [5.74, 6) is -0.318. The molecule has 2 aromatic heterocycles. The summed E-state index contributed by atoms with van der Waals surface area (Å²) >= 11 is 0. The van der Waals surface area contributed by atoms with Gasteiger partial charge in [-0.25, -0.2) is 9.78 Å². The molecule has 0 saturated carbocycles. The number of carbonyl (C=O) groups is 2. The zero-order valence-corrected chi connectivity index (χ0v) is 16.4. The Hall–Kier alpha value is -3.48. The molecule has 0 aliphatic carbocycles. The van der Waals surface area contributed by atoms with Gasteiger partial charge < -0.3 is 5.32 Å². The Morgan fingerprint density at radius 2 is 1.83 bits per heavy atom. The van der Waals surface area contributed by atoms with Crippen molar-refractivity contribution in [1.29, 1.82) is 0 Å². The quantitative estimate of drug-likeness (QED) is 0.679. The van der Waals surface area contributed by atoms with Crippen LogP contribution in [-0.2, 0) is 16.9 Å². The van der Waals surface area contributed by atoms with Crippen molar-refractivity contribution in [3.8, 4) is 0 Å². The van der Waals surface area contributed by atoms with Crippen molar-refractivity contribution < 1.29 is 9.59 Å². The number of urea groups is 1. The van der Waals surface area contributed by atoms with E-state index in [0.29, 0.717) is 17.8 Å². The number of hydrogen-bond acceptors (Lipinski definition) is 4. The predicted octanol–water partition coefficient (Wildman–Crippen LogP) is 2.75. The lowest BCUT2D eigenvalue weighted by Gasteiger charge is -2.26. The molecule has 0 radical (unpaired) electrons. The molecule has 29 heavy (non-hydrogen) atoms. The molecule has 3 aromatic rings. The lowest BCUT2D eigenvalue weighted by molar-refractivity contribution is -0.132. The molecule has 148 valence electrons. The fourth-order valence-corrected chi connectivity index (χ4v) is 3.88. The molecule has 7 heteroatoms. The number of aromatic nitrogens is 2. The minimum atomic E-state index is -1.09. The highest BCUT2D eigenvalue weighted by Gasteiger charge is 2.51. The first-order valence-corrected chi connectivity index (χ1v) is 9.63. The van der Waals surface area contributed by atoms with Gasteiger partial charge in [-0.1, -0.05) is 49.7 Å². The number of benzene rings is 1. The normalized spacial score (nSPS) is 19.0. The summed E-state index contributed by atoms with van der Waals surface area (Å²) < 4.78 is 1.45. The molecular formula is C22H22N4O3. The molecule has 1 aromatic carbocycles. The van der Waals surface area contributed by atoms with Crippen LogP contribution in [0.3, 0.4) is 0 Å². The maximum absolute atomic E-state index is 13.4. The molecule has 0 bridgehead atoms. The largest absolute Gasteiger partial charge is 0.325 e. The van der Waals surface area contributed by atoms with Crippen molar-refractivity contribution >= 4 is 17.6 Å². The third kappa shape index (κ3) is 3.18. The summed E-state index contributed by atoms with van der Waals surface area (Å²) in [7, 11) is 0. The Bertz CT molecular complexity index is 1160. The van der Waals surface area contributed by atoms with Crippen LogP contribution in [0.5, 0.6) is 0 Å². The van der Waals surface area contributed by atoms with E-state index in [2.05, 4.69) is 10.3 Å². The number of carbonyl (C=O) groups excluding carboxylic acids is 2. The number of imide groups is 1. The van der Waals surface area contributed by atoms with Crippen LogP contribution in [0.15, 0.2) is 59.5 Å². The van der Waals surface area contributed by atoms with Crippen LogP contribution < -0.4 is 10.9 Å². The average molecular weight is 390 g/mol. The van der Waals surface area contributed by atoms with Crippen molar-refractivity contribution in [3.63, 3.8) is 0 Å². The minimum absolute atomic E-state index is 0.0530. The molecule has 0 spiro atoms. The first-order valence-electron chi connectivity index (χ1n) is 9.63. The predicted molar refractivity (Wildman–Crippen MR) is 108 cm³/mol. The number of hydrogen-bond donors (Lipinski definition) is 1. The van der Waals surface area contributed by atoms with Gasteiger partial charge in [-0.15, -0.1) is 0 Å². The maximum atomic E-state index is 13.4. The molecule has 7 nitrogen and oxygen atoms in total. The first-order chi connectivity index (χ1) is 13.9. The fourth-order valence-electron chi connectivity index (χ4n) is 3.88. The number of fused-ring (bicyclic) bond motifs is 1. The second kappa shape index (κ2) is 7.16. The van der Waals surface area contributed by atoms with Crippen molar-refractivity contribution in [1.82, 2.24) is 19.6 Å². The Balaban J connectivity index is 1.70. The Labute approximate surface area is 168 Å². The highest BCUT2D eigenvalue weighted by molar-refractivity contribution is 6.07. The van der Waals surface area contributed by atoms with Crippen LogP contribution in [0.25, 0.3) is 5.65 Å². The van der Waals surface area contributed by atoms with E-state index in [-0.39, 0.29) is 18.0 Å². The minimum Gasteiger partial charge on any atom is -0.319 e. The number of amides is 3. The van der Waals surface area contributed by atoms with E-state index < -0.39 is 11.6 Å². The highest BCUT2D eigenvalue weighted by Crippen LogP contribution is 2.34. The number of nitrogens with zero attached hydrogens (tertiary/aromatic N) is 3. The lowest BCUT2D eigenvalue weighted by Crippen LogP contribution is -2.43. The Morgan fingerprint density at radius 1 is 1.07 bits per heavy atom. The van der Waals surface area contributed by atoms with E-state index >= 15 is 0 Å². The molecule has 1 unspecified atom stereocenters. The van der Waals surface area contributed by atoms with Crippen molar-refractivity contribution in [2.24, 2.45) is 0 Å². The van der Waals surface area contributed by atoms with Crippen molar-refractivity contribution in [2.45, 2.75) is 38.8 Å². The van der Waals surface area contributed by atoms with Gasteiger partial charge in [0, 0.05) is 12.3 Å². The van der Waals surface area contributed by atoms with Crippen molar-refractivity contribution in [3.05, 3.63) is 81.9 Å². The third-order valence-corrected chi connectivity index (χ3v) is 5.25. The first kappa shape index (κ1) is 18.9. The van der Waals surface area contributed by atoms with Crippen LogP contribution in [0.4, 0.5) is 4.79 Å². The summed E-state index contributed by atoms with van der Waals surface area (Å²) in [4.78, 5) is 44.2. The highest BCUT2D eigenvalue weighted by atomic mass is 16.2. The smallest absolute Gasteiger partial charge is 0.319 e. The van der Waals surface area contributed by atoms with Gasteiger partial charge in [-0.05, 0) is 30.5 Å². The number of aryl methyl sites for hydroxylation is 1. The fraction of sp³-hybridized carbons (Fsp3) is 0.273. The number of rotatable bonds is 5. The summed E-state index contributed by atoms with van der Waals surface area (Å²) in [6.45, 7) is 3.81. The van der Waals surface area contributed by atoms with Gasteiger partial charge in [0.15, 0.2) is 0 Å². The van der Waals surface area contributed by atoms with E-state index in [1.807, 2.05) is 50.2 Å². The molecular weight excluding hydrogens is 368 g/mol. The third-order valence-electron chi connectivity index (χ3n) is 5.25. The Morgan fingerprint density at radius 3 is 2.55 bits per heavy atom. The topological polar surface area (TPSA) is 83.8 Å². The monoisotopic (exact) mass is 390 g/mol. The van der Waals surface area contributed by atoms with Crippen LogP contribution in [0.1, 0.15) is 36.6 Å². The molecule has 1 aliphatic heterocycles. The van der Waals surface area contributed by atoms with Gasteiger partial charge in [0.1, 0.15) is 11.2 Å². The zero-order valence-electron chi connectivity index (χ0n) is 16.4. The maximum Gasteiger partial charge on any atom is 0.325 e. The van der Waals surface area contributed by atoms with Gasteiger partial charge in [0.25, 0.3) is 11.5 Å². The summed E-state index contributed by atoms with van der Waals surface area (Å²) in [6, 6.07) is 13.8. The van der Waals surface area contributed by atoms with Gasteiger partial charge in [0.2, 0.25) is 0 Å². The van der Waals surface area contributed by atoms with Crippen molar-refractivity contribution in [2.75, 3.05) is 0 Å². The molecule has 1 N–H and O–H groups in total. The SMILES string of the molecule is CCCC1(c2ccccc2)NC(=O)N(Cc2cc(=O)n3cc(C)ccc3n2)C1=O. The van der Waals surface area contributed by atoms with E-state index in [0.717, 1.165) is 22.4 Å². The van der Waals surface area contributed by atoms with E-state index in [1.165, 1.54) is 10.5 Å². The van der Waals surface area contributed by atoms with E-state index in [1.54, 1.807) is 12.3 Å². The van der Waals surface area contributed by atoms with Crippen LogP contribution in [-0.4, -0.2) is 26.2 Å². The van der Waals surface area contributed by atoms with Crippen LogP contribution >= 0.6 is 0 Å². The summed E-state index contributed by atoms with van der Waals surface area (Å²) in [5.41, 5.74) is 1.22. The molecule has 3 amide bonds. The number of pyridine rings is 1. The van der Waals surface area contributed by atoms with Gasteiger partial charge in [-0.2, -0.15) is 0 Å². The Kier molecular flexibility index (Phi) is 4.66. The lowest BCUT2D eigenvalue weighted by atomic mass is 9.85. The second-order valence-electron chi connectivity index (χ2n) is 7.36. The van der Waals surface area contributed by atoms with Gasteiger partial charge >= 0.3 is 6.03 Å². The van der Waals surface area contributed by atoms with E-state index in [9.17, 15) is 14.4 Å². The standard InChI is InChI=1S/C22H22N4O3/c1-3-11-22(16-7-5-4-6-8-16)20(28)26(21(29)24-22)14-17-12-19(27)25-13-15(2)9-10-18(25)23-17/h4-10,12-13H,3,11,14H2,1-2H3,(H,24,29). The van der Waals surface area contributed by atoms with Gasteiger partial charge in [-0.3, -0.25) is 18.9 Å². The van der Waals surface area contributed by atoms with E-state index in [4.69, 9.17) is 0 Å². The molecule has 1 fully saturated rings. The molecule has 1 saturated heterocycles. The second-order valence-corrected chi connectivity index (χ2v) is 7.36. The average Bonchev–Trinajstić information content (AvgIpc) is 2.95. The summed E-state index contributed by atoms with van der Waals surface area (Å²) in [5, 5.41) is 2.89. The molecule has 3 heterocycles. The number of nitrogens with one attached hydrogen (secondary N) is 1. The molecule has 1 atom stereocenters. The molecule has 4 rings (SSSR count). The van der Waals surface area contributed by atoms with Crippen LogP contribution in [0.2, 0.25) is 0 Å². The van der Waals surface area contributed by atoms with Crippen LogP contribution in [0, 0.1) is 6.92 Å². The zero-order chi connectivity index (χ0) is 20.6. The van der Waals surface area contributed by atoms with Gasteiger partial charge in [0.05, 0.1) is 12.2 Å². The summed E-state index contributed by atoms with van der Waals surface area (Å²) in [6.07, 6.45) is 2.93.